The monoisotopic (exact) mass is 105 g/mol. The average molecular weight is 105 g/mol. The lowest BCUT2D eigenvalue weighted by Crippen LogP contribution is -2.26. The summed E-state index contributed by atoms with van der Waals surface area (Å²) in [4.78, 5) is 3.33. The van der Waals surface area contributed by atoms with Gasteiger partial charge in [0.2, 0.25) is 5.96 Å². The van der Waals surface area contributed by atoms with Gasteiger partial charge in [0.15, 0.2) is 0 Å². The summed E-state index contributed by atoms with van der Waals surface area (Å²) in [6.45, 7) is 0. The number of aliphatic imine (C=N–C) groups is 1. The molecule has 7 heavy (non-hydrogen) atoms. The Morgan fingerprint density at radius 3 is 2.29 bits per heavy atom. The summed E-state index contributed by atoms with van der Waals surface area (Å²) in [5.74, 6) is -0.111. The molecule has 2 N–H and O–H groups in total. The van der Waals surface area contributed by atoms with Crippen LogP contribution in [-0.2, 0) is 0 Å². The van der Waals surface area contributed by atoms with E-state index in [0.717, 1.165) is 0 Å². The first kappa shape index (κ1) is 6.20. The van der Waals surface area contributed by atoms with E-state index in [9.17, 15) is 4.48 Å². The van der Waals surface area contributed by atoms with Crippen LogP contribution in [0, 0.1) is 0 Å². The van der Waals surface area contributed by atoms with Crippen molar-refractivity contribution in [1.29, 1.82) is 0 Å². The Bertz CT molecular complexity index is 78.2. The van der Waals surface area contributed by atoms with Crippen molar-refractivity contribution in [3.63, 3.8) is 0 Å². The molecular formula is C3H8FN3. The van der Waals surface area contributed by atoms with Crippen LogP contribution >= 0.6 is 0 Å². The topological polar surface area (TPSA) is 41.6 Å². The van der Waals surface area contributed by atoms with Crippen molar-refractivity contribution in [1.82, 2.24) is 5.12 Å². The quantitative estimate of drug-likeness (QED) is 0.262. The van der Waals surface area contributed by atoms with Crippen LogP contribution in [0.4, 0.5) is 4.48 Å². The van der Waals surface area contributed by atoms with Crippen LogP contribution in [0.3, 0.4) is 0 Å². The molecule has 0 rings (SSSR count). The average Bonchev–Trinajstić information content (AvgIpc) is 1.65. The first-order valence-electron chi connectivity index (χ1n) is 1.80. The Labute approximate surface area is 41.6 Å². The predicted octanol–water partition coefficient (Wildman–Crippen LogP) is -0.253. The summed E-state index contributed by atoms with van der Waals surface area (Å²) >= 11 is 0. The number of nitrogens with two attached hydrogens (primary N) is 1. The van der Waals surface area contributed by atoms with E-state index in [2.05, 4.69) is 4.99 Å². The van der Waals surface area contributed by atoms with Crippen LogP contribution in [-0.4, -0.2) is 25.2 Å². The molecule has 0 aromatic rings. The molecule has 0 saturated heterocycles. The molecule has 0 aliphatic carbocycles. The smallest absolute Gasteiger partial charge is 0.219 e. The molecule has 0 aliphatic rings. The second-order valence-electron chi connectivity index (χ2n) is 1.06. The molecule has 4 heteroatoms. The third-order valence-corrected chi connectivity index (χ3v) is 0.545. The maximum Gasteiger partial charge on any atom is 0.219 e. The van der Waals surface area contributed by atoms with Crippen LogP contribution in [0.5, 0.6) is 0 Å². The van der Waals surface area contributed by atoms with Crippen LogP contribution in [0.2, 0.25) is 0 Å². The highest BCUT2D eigenvalue weighted by Crippen LogP contribution is 1.76. The molecule has 0 heterocycles. The lowest BCUT2D eigenvalue weighted by Gasteiger charge is -2.01. The lowest BCUT2D eigenvalue weighted by molar-refractivity contribution is 0.158. The van der Waals surface area contributed by atoms with Gasteiger partial charge in [0.25, 0.3) is 0 Å². The maximum absolute atomic E-state index is 11.7. The molecule has 0 aromatic heterocycles. The molecule has 0 amide bonds. The van der Waals surface area contributed by atoms with Crippen LogP contribution in [0.25, 0.3) is 0 Å². The minimum absolute atomic E-state index is 0.111. The number of halogens is 1. The van der Waals surface area contributed by atoms with Crippen molar-refractivity contribution in [3.05, 3.63) is 0 Å². The van der Waals surface area contributed by atoms with Crippen molar-refractivity contribution in [3.8, 4) is 0 Å². The minimum Gasteiger partial charge on any atom is -0.368 e. The van der Waals surface area contributed by atoms with Crippen molar-refractivity contribution in [2.45, 2.75) is 0 Å². The number of guanidine groups is 1. The van der Waals surface area contributed by atoms with Gasteiger partial charge in [-0.1, -0.05) is 4.48 Å². The van der Waals surface area contributed by atoms with E-state index in [1.165, 1.54) is 14.1 Å². The third-order valence-electron chi connectivity index (χ3n) is 0.545. The van der Waals surface area contributed by atoms with Gasteiger partial charge in [-0.3, -0.25) is 4.99 Å². The normalized spacial score (nSPS) is 11.6. The Morgan fingerprint density at radius 2 is 2.29 bits per heavy atom. The Hall–Kier alpha value is -0.800. The highest BCUT2D eigenvalue weighted by Gasteiger charge is 1.91. The molecule has 0 atom stereocenters. The number of hydrogen-bond acceptors (Lipinski definition) is 1. The van der Waals surface area contributed by atoms with Gasteiger partial charge in [0.1, 0.15) is 0 Å². The van der Waals surface area contributed by atoms with Crippen molar-refractivity contribution in [2.75, 3.05) is 14.1 Å². The zero-order chi connectivity index (χ0) is 5.86. The third kappa shape index (κ3) is 1.97. The van der Waals surface area contributed by atoms with Gasteiger partial charge in [-0.2, -0.15) is 5.12 Å². The number of rotatable bonds is 0. The van der Waals surface area contributed by atoms with Gasteiger partial charge in [0, 0.05) is 14.1 Å². The molecule has 0 unspecified atom stereocenters. The number of hydrogen-bond donors (Lipinski definition) is 1. The summed E-state index contributed by atoms with van der Waals surface area (Å²) in [6, 6.07) is 0. The fourth-order valence-electron chi connectivity index (χ4n) is 0.138. The summed E-state index contributed by atoms with van der Waals surface area (Å²) < 4.78 is 11.7. The van der Waals surface area contributed by atoms with Gasteiger partial charge < -0.3 is 5.73 Å². The lowest BCUT2D eigenvalue weighted by atomic mass is 10.9. The summed E-state index contributed by atoms with van der Waals surface area (Å²) in [5.41, 5.74) is 4.92. The van der Waals surface area contributed by atoms with E-state index < -0.39 is 0 Å². The zero-order valence-corrected chi connectivity index (χ0v) is 4.35. The van der Waals surface area contributed by atoms with Crippen LogP contribution in [0.15, 0.2) is 4.99 Å². The van der Waals surface area contributed by atoms with E-state index in [1.807, 2.05) is 0 Å². The van der Waals surface area contributed by atoms with Gasteiger partial charge in [-0.25, -0.2) is 0 Å². The van der Waals surface area contributed by atoms with E-state index >= 15 is 0 Å². The molecule has 0 fully saturated rings. The Kier molecular flexibility index (Phi) is 2.11. The van der Waals surface area contributed by atoms with Crippen molar-refractivity contribution >= 4 is 5.96 Å². The Morgan fingerprint density at radius 1 is 1.86 bits per heavy atom. The molecule has 0 spiro atoms. The summed E-state index contributed by atoms with van der Waals surface area (Å²) in [6.07, 6.45) is 0. The maximum atomic E-state index is 11.7. The van der Waals surface area contributed by atoms with Crippen molar-refractivity contribution in [2.24, 2.45) is 10.7 Å². The molecular weight excluding hydrogens is 97.1 g/mol. The molecule has 0 bridgehead atoms. The second kappa shape index (κ2) is 2.39. The fourth-order valence-corrected chi connectivity index (χ4v) is 0.138. The predicted molar refractivity (Wildman–Crippen MR) is 26.4 cm³/mol. The standard InChI is InChI=1S/C3H8FN3/c1-6-3(5)7(2)4/h1-2H3,(H2,5,6). The van der Waals surface area contributed by atoms with E-state index in [-0.39, 0.29) is 11.1 Å². The molecule has 0 aromatic carbocycles. The SMILES string of the molecule is C/N=C(/N)N(C)F. The van der Waals surface area contributed by atoms with E-state index in [4.69, 9.17) is 5.73 Å². The summed E-state index contributed by atoms with van der Waals surface area (Å²) in [7, 11) is 2.60. The van der Waals surface area contributed by atoms with E-state index in [1.54, 1.807) is 0 Å². The van der Waals surface area contributed by atoms with Gasteiger partial charge in [-0.05, 0) is 0 Å². The highest BCUT2D eigenvalue weighted by atomic mass is 19.2. The molecule has 0 saturated carbocycles. The zero-order valence-electron chi connectivity index (χ0n) is 4.35. The van der Waals surface area contributed by atoms with Gasteiger partial charge in [-0.15, -0.1) is 0 Å². The first-order chi connectivity index (χ1) is 3.18. The molecule has 0 radical (unpaired) electrons. The van der Waals surface area contributed by atoms with Crippen LogP contribution < -0.4 is 5.73 Å². The fraction of sp³-hybridized carbons (Fsp3) is 0.667. The Balaban J connectivity index is 3.56. The highest BCUT2D eigenvalue weighted by molar-refractivity contribution is 5.76. The molecule has 42 valence electrons. The van der Waals surface area contributed by atoms with Crippen molar-refractivity contribution < 1.29 is 4.48 Å². The second-order valence-corrected chi connectivity index (χ2v) is 1.06. The minimum atomic E-state index is -0.111. The number of nitrogens with zero attached hydrogens (tertiary/aromatic N) is 2. The van der Waals surface area contributed by atoms with E-state index in [0.29, 0.717) is 0 Å². The molecule has 0 aliphatic heterocycles. The largest absolute Gasteiger partial charge is 0.368 e. The molecule has 3 nitrogen and oxygen atoms in total. The summed E-state index contributed by atoms with van der Waals surface area (Å²) in [5, 5.41) is 0.250. The first-order valence-corrected chi connectivity index (χ1v) is 1.80. The van der Waals surface area contributed by atoms with Crippen LogP contribution in [0.1, 0.15) is 0 Å². The van der Waals surface area contributed by atoms with Gasteiger partial charge >= 0.3 is 0 Å². The van der Waals surface area contributed by atoms with Gasteiger partial charge in [0.05, 0.1) is 0 Å².